The predicted molar refractivity (Wildman–Crippen MR) is 56.3 cm³/mol. The van der Waals surface area contributed by atoms with Gasteiger partial charge in [0, 0.05) is 0 Å². The van der Waals surface area contributed by atoms with E-state index in [4.69, 9.17) is 9.47 Å². The number of rotatable bonds is 5. The molecule has 1 radical (unpaired) electrons. The minimum Gasteiger partial charge on any atom is -0.493 e. The van der Waals surface area contributed by atoms with Crippen molar-refractivity contribution in [1.29, 1.82) is 0 Å². The average molecular weight is 225 g/mol. The number of hydrogen-bond donors (Lipinski definition) is 0. The van der Waals surface area contributed by atoms with Gasteiger partial charge in [0.15, 0.2) is 11.5 Å². The predicted octanol–water partition coefficient (Wildman–Crippen LogP) is 1.63. The van der Waals surface area contributed by atoms with Crippen molar-refractivity contribution >= 4 is 5.97 Å². The molecule has 1 rings (SSSR count). The van der Waals surface area contributed by atoms with Crippen LogP contribution >= 0.6 is 0 Å². The molecule has 1 aromatic carbocycles. The van der Waals surface area contributed by atoms with E-state index in [0.29, 0.717) is 17.1 Å². The molecule has 0 heterocycles. The van der Waals surface area contributed by atoms with Crippen LogP contribution in [0.1, 0.15) is 10.4 Å². The van der Waals surface area contributed by atoms with E-state index in [1.165, 1.54) is 20.3 Å². The number of benzene rings is 1. The number of methoxy groups -OCH3 is 2. The summed E-state index contributed by atoms with van der Waals surface area (Å²) >= 11 is 0. The van der Waals surface area contributed by atoms with Gasteiger partial charge in [0.05, 0.1) is 26.4 Å². The molecular weight excluding hydrogens is 212 g/mol. The Morgan fingerprint density at radius 1 is 1.25 bits per heavy atom. The molecule has 5 heteroatoms. The third-order valence-corrected chi connectivity index (χ3v) is 1.84. The van der Waals surface area contributed by atoms with E-state index in [9.17, 15) is 4.79 Å². The molecule has 0 aromatic heterocycles. The molecule has 0 aliphatic rings. The Morgan fingerprint density at radius 3 is 2.50 bits per heavy atom. The zero-order chi connectivity index (χ0) is 12.0. The molecule has 87 valence electrons. The van der Waals surface area contributed by atoms with E-state index < -0.39 is 5.97 Å². The van der Waals surface area contributed by atoms with Gasteiger partial charge in [0.2, 0.25) is 0 Å². The van der Waals surface area contributed by atoms with Gasteiger partial charge in [0.1, 0.15) is 0 Å². The first kappa shape index (κ1) is 12.3. The second-order valence-corrected chi connectivity index (χ2v) is 2.76. The zero-order valence-electron chi connectivity index (χ0n) is 9.19. The fraction of sp³-hybridized carbons (Fsp3) is 0.273. The summed E-state index contributed by atoms with van der Waals surface area (Å²) < 4.78 is 10.1. The number of carbonyl (C=O) groups excluding carboxylic acids is 1. The summed E-state index contributed by atoms with van der Waals surface area (Å²) in [6.45, 7) is 3.42. The Kier molecular flexibility index (Phi) is 4.60. The van der Waals surface area contributed by atoms with Crippen molar-refractivity contribution in [2.75, 3.05) is 20.8 Å². The summed E-state index contributed by atoms with van der Waals surface area (Å²) in [5.41, 5.74) is 0.311. The molecule has 0 bridgehead atoms. The van der Waals surface area contributed by atoms with Crippen molar-refractivity contribution in [3.63, 3.8) is 0 Å². The standard InChI is InChI=1S/C11H13O5/c1-4-15-16-11(12)8-5-6-9(13-2)10(7-8)14-3/h5-7H,1,4H2,2-3H3. The molecule has 1 aromatic rings. The van der Waals surface area contributed by atoms with Gasteiger partial charge in [-0.15, -0.1) is 0 Å². The Hall–Kier alpha value is -1.75. The van der Waals surface area contributed by atoms with Gasteiger partial charge in [-0.05, 0) is 25.1 Å². The van der Waals surface area contributed by atoms with Crippen LogP contribution in [0.15, 0.2) is 18.2 Å². The summed E-state index contributed by atoms with van der Waals surface area (Å²) in [7, 11) is 3.00. The van der Waals surface area contributed by atoms with Gasteiger partial charge >= 0.3 is 5.97 Å². The number of carbonyl (C=O) groups is 1. The summed E-state index contributed by atoms with van der Waals surface area (Å²) in [6, 6.07) is 4.67. The lowest BCUT2D eigenvalue weighted by Gasteiger charge is -2.08. The molecule has 5 nitrogen and oxygen atoms in total. The highest BCUT2D eigenvalue weighted by Gasteiger charge is 2.12. The van der Waals surface area contributed by atoms with Crippen LogP contribution in [0.4, 0.5) is 0 Å². The zero-order valence-corrected chi connectivity index (χ0v) is 9.19. The minimum atomic E-state index is -0.607. The summed E-state index contributed by atoms with van der Waals surface area (Å²) in [5, 5.41) is 0. The van der Waals surface area contributed by atoms with E-state index in [-0.39, 0.29) is 6.61 Å². The maximum absolute atomic E-state index is 11.4. The van der Waals surface area contributed by atoms with E-state index >= 15 is 0 Å². The Balaban J connectivity index is 2.85. The lowest BCUT2D eigenvalue weighted by molar-refractivity contribution is -0.232. The maximum Gasteiger partial charge on any atom is 0.373 e. The number of hydrogen-bond acceptors (Lipinski definition) is 5. The molecular formula is C11H13O5. The SMILES string of the molecule is [CH2]COOC(=O)c1ccc(OC)c(OC)c1. The molecule has 0 N–H and O–H groups in total. The van der Waals surface area contributed by atoms with E-state index in [2.05, 4.69) is 16.7 Å². The lowest BCUT2D eigenvalue weighted by atomic mass is 10.2. The van der Waals surface area contributed by atoms with Crippen LogP contribution < -0.4 is 9.47 Å². The third kappa shape index (κ3) is 2.87. The molecule has 0 saturated heterocycles. The molecule has 0 spiro atoms. The first-order valence-electron chi connectivity index (χ1n) is 4.58. The van der Waals surface area contributed by atoms with Gasteiger partial charge in [-0.1, -0.05) is 0 Å². The van der Waals surface area contributed by atoms with Crippen LogP contribution in [-0.2, 0) is 9.78 Å². The molecule has 0 atom stereocenters. The van der Waals surface area contributed by atoms with E-state index in [1.54, 1.807) is 12.1 Å². The summed E-state index contributed by atoms with van der Waals surface area (Å²) in [4.78, 5) is 20.3. The van der Waals surface area contributed by atoms with E-state index in [1.807, 2.05) is 0 Å². The second kappa shape index (κ2) is 5.97. The molecule has 0 amide bonds. The summed E-state index contributed by atoms with van der Waals surface area (Å²) in [5.74, 6) is 0.383. The Bertz CT molecular complexity index is 361. The van der Waals surface area contributed by atoms with Crippen LogP contribution in [0.25, 0.3) is 0 Å². The van der Waals surface area contributed by atoms with Gasteiger partial charge in [-0.25, -0.2) is 4.79 Å². The van der Waals surface area contributed by atoms with Gasteiger partial charge in [-0.2, -0.15) is 4.89 Å². The monoisotopic (exact) mass is 225 g/mol. The lowest BCUT2D eigenvalue weighted by Crippen LogP contribution is -2.06. The quantitative estimate of drug-likeness (QED) is 0.563. The van der Waals surface area contributed by atoms with Crippen molar-refractivity contribution in [3.8, 4) is 11.5 Å². The third-order valence-electron chi connectivity index (χ3n) is 1.84. The largest absolute Gasteiger partial charge is 0.493 e. The van der Waals surface area contributed by atoms with Crippen LogP contribution in [0.2, 0.25) is 0 Å². The van der Waals surface area contributed by atoms with Gasteiger partial charge in [-0.3, -0.25) is 4.89 Å². The van der Waals surface area contributed by atoms with Crippen molar-refractivity contribution in [2.24, 2.45) is 0 Å². The molecule has 0 aliphatic carbocycles. The molecule has 16 heavy (non-hydrogen) atoms. The Labute approximate surface area is 93.8 Å². The van der Waals surface area contributed by atoms with Gasteiger partial charge < -0.3 is 9.47 Å². The molecule has 0 fully saturated rings. The fourth-order valence-corrected chi connectivity index (χ4v) is 1.11. The van der Waals surface area contributed by atoms with Crippen molar-refractivity contribution in [1.82, 2.24) is 0 Å². The highest BCUT2D eigenvalue weighted by atomic mass is 17.2. The van der Waals surface area contributed by atoms with Crippen molar-refractivity contribution in [3.05, 3.63) is 30.7 Å². The first-order valence-corrected chi connectivity index (χ1v) is 4.58. The van der Waals surface area contributed by atoms with E-state index in [0.717, 1.165) is 0 Å². The fourth-order valence-electron chi connectivity index (χ4n) is 1.11. The van der Waals surface area contributed by atoms with Crippen LogP contribution in [0.5, 0.6) is 11.5 Å². The van der Waals surface area contributed by atoms with Crippen molar-refractivity contribution in [2.45, 2.75) is 0 Å². The van der Waals surface area contributed by atoms with Gasteiger partial charge in [0.25, 0.3) is 0 Å². The molecule has 0 unspecified atom stereocenters. The van der Waals surface area contributed by atoms with Crippen LogP contribution in [0.3, 0.4) is 0 Å². The maximum atomic E-state index is 11.4. The van der Waals surface area contributed by atoms with Crippen molar-refractivity contribution < 1.29 is 24.0 Å². The highest BCUT2D eigenvalue weighted by molar-refractivity contribution is 5.89. The number of ether oxygens (including phenoxy) is 2. The topological polar surface area (TPSA) is 54.0 Å². The average Bonchev–Trinajstić information content (AvgIpc) is 2.34. The Morgan fingerprint density at radius 2 is 1.94 bits per heavy atom. The second-order valence-electron chi connectivity index (χ2n) is 2.76. The smallest absolute Gasteiger partial charge is 0.373 e. The van der Waals surface area contributed by atoms with Crippen LogP contribution in [-0.4, -0.2) is 26.8 Å². The molecule has 0 saturated carbocycles. The molecule has 0 aliphatic heterocycles. The normalized spacial score (nSPS) is 9.69. The first-order chi connectivity index (χ1) is 7.72. The van der Waals surface area contributed by atoms with Crippen LogP contribution in [0, 0.1) is 6.92 Å². The summed E-state index contributed by atoms with van der Waals surface area (Å²) in [6.07, 6.45) is 0. The highest BCUT2D eigenvalue weighted by Crippen LogP contribution is 2.27. The minimum absolute atomic E-state index is 0.0546.